The first-order chi connectivity index (χ1) is 8.21. The zero-order valence-corrected chi connectivity index (χ0v) is 10.5. The fourth-order valence-corrected chi connectivity index (χ4v) is 1.48. The maximum atomic E-state index is 12.3. The number of hydrogen-bond acceptors (Lipinski definition) is 2. The molecule has 0 aliphatic rings. The van der Waals surface area contributed by atoms with Crippen molar-refractivity contribution < 1.29 is 18.0 Å². The van der Waals surface area contributed by atoms with Gasteiger partial charge in [0.2, 0.25) is 5.91 Å². The monoisotopic (exact) mass is 260 g/mol. The van der Waals surface area contributed by atoms with Crippen molar-refractivity contribution in [2.24, 2.45) is 5.92 Å². The predicted octanol–water partition coefficient (Wildman–Crippen LogP) is 2.71. The minimum absolute atomic E-state index is 0.0603. The molecule has 0 atom stereocenters. The van der Waals surface area contributed by atoms with E-state index in [0.717, 1.165) is 12.3 Å². The molecule has 0 saturated carbocycles. The third-order valence-corrected chi connectivity index (χ3v) is 2.41. The molecule has 100 valence electrons. The van der Waals surface area contributed by atoms with Gasteiger partial charge in [0.15, 0.2) is 0 Å². The molecule has 0 radical (unpaired) electrons. The molecule has 0 bridgehead atoms. The number of amides is 1. The van der Waals surface area contributed by atoms with Crippen molar-refractivity contribution in [2.45, 2.75) is 26.6 Å². The largest absolute Gasteiger partial charge is 0.433 e. The van der Waals surface area contributed by atoms with Crippen LogP contribution in [0.5, 0.6) is 0 Å². The average Bonchev–Trinajstić information content (AvgIpc) is 2.27. The van der Waals surface area contributed by atoms with Crippen molar-refractivity contribution >= 4 is 5.91 Å². The summed E-state index contributed by atoms with van der Waals surface area (Å²) in [5.41, 5.74) is -0.358. The molecular formula is C12H15F3N2O. The van der Waals surface area contributed by atoms with Crippen LogP contribution in [-0.4, -0.2) is 22.8 Å². The molecule has 0 aliphatic heterocycles. The van der Waals surface area contributed by atoms with Gasteiger partial charge >= 0.3 is 6.18 Å². The van der Waals surface area contributed by atoms with Gasteiger partial charge in [-0.1, -0.05) is 19.9 Å². The highest BCUT2D eigenvalue weighted by Crippen LogP contribution is 2.27. The summed E-state index contributed by atoms with van der Waals surface area (Å²) in [7, 11) is 1.61. The highest BCUT2D eigenvalue weighted by Gasteiger charge is 2.32. The van der Waals surface area contributed by atoms with Crippen LogP contribution < -0.4 is 0 Å². The summed E-state index contributed by atoms with van der Waals surface area (Å²) >= 11 is 0. The van der Waals surface area contributed by atoms with Crippen molar-refractivity contribution in [2.75, 3.05) is 7.05 Å². The van der Waals surface area contributed by atoms with Crippen molar-refractivity contribution in [3.05, 3.63) is 29.6 Å². The van der Waals surface area contributed by atoms with E-state index >= 15 is 0 Å². The fourth-order valence-electron chi connectivity index (χ4n) is 1.48. The van der Waals surface area contributed by atoms with Crippen LogP contribution in [0.2, 0.25) is 0 Å². The lowest BCUT2D eigenvalue weighted by atomic mass is 10.2. The number of nitrogens with zero attached hydrogens (tertiary/aromatic N) is 2. The summed E-state index contributed by atoms with van der Waals surface area (Å²) in [6.45, 7) is 3.79. The first-order valence-electron chi connectivity index (χ1n) is 5.49. The molecule has 0 aliphatic carbocycles. The van der Waals surface area contributed by atoms with Gasteiger partial charge < -0.3 is 4.90 Å². The van der Waals surface area contributed by atoms with E-state index in [1.807, 2.05) is 0 Å². The summed E-state index contributed by atoms with van der Waals surface area (Å²) in [4.78, 5) is 16.4. The zero-order chi connectivity index (χ0) is 13.9. The number of pyridine rings is 1. The number of halogens is 3. The SMILES string of the molecule is CC(C)C(=O)N(C)Cc1ccc(C(F)(F)F)nc1. The van der Waals surface area contributed by atoms with Crippen LogP contribution in [0.25, 0.3) is 0 Å². The maximum Gasteiger partial charge on any atom is 0.433 e. The number of hydrogen-bond donors (Lipinski definition) is 0. The van der Waals surface area contributed by atoms with E-state index in [9.17, 15) is 18.0 Å². The smallest absolute Gasteiger partial charge is 0.341 e. The lowest BCUT2D eigenvalue weighted by molar-refractivity contribution is -0.141. The van der Waals surface area contributed by atoms with Crippen molar-refractivity contribution in [1.29, 1.82) is 0 Å². The quantitative estimate of drug-likeness (QED) is 0.837. The lowest BCUT2D eigenvalue weighted by Crippen LogP contribution is -2.30. The number of aromatic nitrogens is 1. The molecule has 0 saturated heterocycles. The van der Waals surface area contributed by atoms with Crippen LogP contribution in [0.4, 0.5) is 13.2 Å². The zero-order valence-electron chi connectivity index (χ0n) is 10.5. The van der Waals surface area contributed by atoms with E-state index in [2.05, 4.69) is 4.98 Å². The van der Waals surface area contributed by atoms with Gasteiger partial charge in [0.05, 0.1) is 0 Å². The van der Waals surface area contributed by atoms with Gasteiger partial charge in [-0.3, -0.25) is 9.78 Å². The van der Waals surface area contributed by atoms with Gasteiger partial charge in [-0.15, -0.1) is 0 Å². The Balaban J connectivity index is 2.73. The Morgan fingerprint density at radius 1 is 1.39 bits per heavy atom. The van der Waals surface area contributed by atoms with E-state index in [1.165, 1.54) is 11.0 Å². The van der Waals surface area contributed by atoms with E-state index in [-0.39, 0.29) is 18.4 Å². The van der Waals surface area contributed by atoms with Crippen LogP contribution >= 0.6 is 0 Å². The molecular weight excluding hydrogens is 245 g/mol. The third kappa shape index (κ3) is 3.72. The summed E-state index contributed by atoms with van der Waals surface area (Å²) in [6, 6.07) is 2.25. The van der Waals surface area contributed by atoms with Crippen molar-refractivity contribution in [3.8, 4) is 0 Å². The molecule has 0 N–H and O–H groups in total. The highest BCUT2D eigenvalue weighted by atomic mass is 19.4. The molecule has 0 spiro atoms. The standard InChI is InChI=1S/C12H15F3N2O/c1-8(2)11(18)17(3)7-9-4-5-10(16-6-9)12(13,14)15/h4-6,8H,7H2,1-3H3. The van der Waals surface area contributed by atoms with Crippen LogP contribution in [0.3, 0.4) is 0 Å². The van der Waals surface area contributed by atoms with Gasteiger partial charge in [-0.2, -0.15) is 13.2 Å². The topological polar surface area (TPSA) is 33.2 Å². The normalized spacial score (nSPS) is 11.7. The number of alkyl halides is 3. The first-order valence-corrected chi connectivity index (χ1v) is 5.49. The molecule has 1 aromatic rings. The van der Waals surface area contributed by atoms with Crippen LogP contribution in [0.15, 0.2) is 18.3 Å². The Labute approximate surface area is 104 Å². The summed E-state index contributed by atoms with van der Waals surface area (Å²) in [5, 5.41) is 0. The molecule has 1 rings (SSSR count). The minimum Gasteiger partial charge on any atom is -0.341 e. The molecule has 3 nitrogen and oxygen atoms in total. The van der Waals surface area contributed by atoms with Crippen molar-refractivity contribution in [1.82, 2.24) is 9.88 Å². The van der Waals surface area contributed by atoms with E-state index in [1.54, 1.807) is 20.9 Å². The van der Waals surface area contributed by atoms with Crippen LogP contribution in [0.1, 0.15) is 25.1 Å². The summed E-state index contributed by atoms with van der Waals surface area (Å²) in [6.07, 6.45) is -3.29. The van der Waals surface area contributed by atoms with E-state index in [4.69, 9.17) is 0 Å². The average molecular weight is 260 g/mol. The Morgan fingerprint density at radius 2 is 2.00 bits per heavy atom. The lowest BCUT2D eigenvalue weighted by Gasteiger charge is -2.19. The predicted molar refractivity (Wildman–Crippen MR) is 60.6 cm³/mol. The Bertz CT molecular complexity index is 412. The second kappa shape index (κ2) is 5.37. The second-order valence-electron chi connectivity index (χ2n) is 4.40. The number of carbonyl (C=O) groups excluding carboxylic acids is 1. The van der Waals surface area contributed by atoms with Gasteiger partial charge in [0.25, 0.3) is 0 Å². The molecule has 18 heavy (non-hydrogen) atoms. The number of rotatable bonds is 3. The molecule has 1 amide bonds. The van der Waals surface area contributed by atoms with Crippen LogP contribution in [-0.2, 0) is 17.5 Å². The van der Waals surface area contributed by atoms with Gasteiger partial charge in [-0.25, -0.2) is 0 Å². The van der Waals surface area contributed by atoms with Crippen LogP contribution in [0, 0.1) is 5.92 Å². The minimum atomic E-state index is -4.43. The van der Waals surface area contributed by atoms with E-state index in [0.29, 0.717) is 5.56 Å². The molecule has 0 fully saturated rings. The fraction of sp³-hybridized carbons (Fsp3) is 0.500. The molecule has 1 heterocycles. The molecule has 0 unspecified atom stereocenters. The highest BCUT2D eigenvalue weighted by molar-refractivity contribution is 5.77. The Kier molecular flexibility index (Phi) is 4.32. The molecule has 1 aromatic heterocycles. The van der Waals surface area contributed by atoms with Gasteiger partial charge in [0.1, 0.15) is 5.69 Å². The Morgan fingerprint density at radius 3 is 2.39 bits per heavy atom. The third-order valence-electron chi connectivity index (χ3n) is 2.41. The van der Waals surface area contributed by atoms with Crippen molar-refractivity contribution in [3.63, 3.8) is 0 Å². The number of carbonyl (C=O) groups is 1. The maximum absolute atomic E-state index is 12.3. The summed E-state index contributed by atoms with van der Waals surface area (Å²) < 4.78 is 36.9. The van der Waals surface area contributed by atoms with Gasteiger partial charge in [0, 0.05) is 25.7 Å². The first kappa shape index (κ1) is 14.5. The summed E-state index contributed by atoms with van der Waals surface area (Å²) in [5.74, 6) is -0.202. The molecule has 0 aromatic carbocycles. The second-order valence-corrected chi connectivity index (χ2v) is 4.40. The van der Waals surface area contributed by atoms with Gasteiger partial charge in [-0.05, 0) is 11.6 Å². The van der Waals surface area contributed by atoms with E-state index < -0.39 is 11.9 Å². The molecule has 6 heteroatoms. The Hall–Kier alpha value is -1.59.